The van der Waals surface area contributed by atoms with E-state index in [1.807, 2.05) is 6.92 Å². The van der Waals surface area contributed by atoms with Crippen molar-refractivity contribution in [1.82, 2.24) is 20.2 Å². The van der Waals surface area contributed by atoms with Crippen molar-refractivity contribution in [2.24, 2.45) is 5.92 Å². The van der Waals surface area contributed by atoms with Gasteiger partial charge < -0.3 is 5.32 Å². The first-order valence-corrected chi connectivity index (χ1v) is 11.2. The zero-order valence-electron chi connectivity index (χ0n) is 18.6. The smallest absolute Gasteiger partial charge is 0.261 e. The molecule has 7 nitrogen and oxygen atoms in total. The van der Waals surface area contributed by atoms with Crippen LogP contribution < -0.4 is 5.32 Å². The molecule has 0 spiro atoms. The number of aromatic nitrogens is 2. The number of carbonyl (C=O) groups excluding carboxylic acids is 3. The van der Waals surface area contributed by atoms with Gasteiger partial charge in [0.2, 0.25) is 0 Å². The second-order valence-corrected chi connectivity index (χ2v) is 8.75. The molecule has 2 aliphatic heterocycles. The molecule has 0 unspecified atom stereocenters. The Morgan fingerprint density at radius 1 is 1.03 bits per heavy atom. The first-order valence-electron chi connectivity index (χ1n) is 11.2. The second-order valence-electron chi connectivity index (χ2n) is 8.75. The predicted molar refractivity (Wildman–Crippen MR) is 123 cm³/mol. The highest BCUT2D eigenvalue weighted by Crippen LogP contribution is 2.36. The highest BCUT2D eigenvalue weighted by Gasteiger charge is 2.51. The van der Waals surface area contributed by atoms with Crippen LogP contribution in [0.4, 0.5) is 4.39 Å². The van der Waals surface area contributed by atoms with Crippen LogP contribution in [0.2, 0.25) is 0 Å². The van der Waals surface area contributed by atoms with E-state index in [4.69, 9.17) is 0 Å². The summed E-state index contributed by atoms with van der Waals surface area (Å²) >= 11 is 0. The van der Waals surface area contributed by atoms with E-state index < -0.39 is 29.0 Å². The van der Waals surface area contributed by atoms with Crippen molar-refractivity contribution in [3.8, 4) is 11.4 Å². The number of ketones is 1. The molecule has 1 N–H and O–H groups in total. The highest BCUT2D eigenvalue weighted by molar-refractivity contribution is 6.22. The summed E-state index contributed by atoms with van der Waals surface area (Å²) in [6.45, 7) is 2.20. The maximum Gasteiger partial charge on any atom is 0.261 e. The van der Waals surface area contributed by atoms with Crippen LogP contribution in [0, 0.1) is 11.7 Å². The molecule has 1 fully saturated rings. The molecule has 1 aromatic heterocycles. The maximum atomic E-state index is 15.3. The molecule has 2 amide bonds. The zero-order valence-corrected chi connectivity index (χ0v) is 18.6. The lowest BCUT2D eigenvalue weighted by Crippen LogP contribution is -2.65. The van der Waals surface area contributed by atoms with E-state index >= 15 is 4.39 Å². The Kier molecular flexibility index (Phi) is 5.53. The molecule has 2 aromatic carbocycles. The fourth-order valence-electron chi connectivity index (χ4n) is 4.96. The van der Waals surface area contributed by atoms with Crippen LogP contribution in [-0.2, 0) is 0 Å². The van der Waals surface area contributed by atoms with E-state index in [0.29, 0.717) is 24.1 Å². The molecule has 2 atom stereocenters. The summed E-state index contributed by atoms with van der Waals surface area (Å²) < 4.78 is 15.3. The third-order valence-corrected chi connectivity index (χ3v) is 6.83. The average Bonchev–Trinajstić information content (AvgIpc) is 3.10. The molecule has 0 bridgehead atoms. The minimum Gasteiger partial charge on any atom is -0.303 e. The van der Waals surface area contributed by atoms with E-state index in [2.05, 4.69) is 15.3 Å². The number of rotatable bonds is 5. The van der Waals surface area contributed by atoms with Gasteiger partial charge in [-0.15, -0.1) is 0 Å². The van der Waals surface area contributed by atoms with Crippen molar-refractivity contribution in [2.45, 2.75) is 25.3 Å². The van der Waals surface area contributed by atoms with Crippen molar-refractivity contribution in [3.05, 3.63) is 83.4 Å². The Hall–Kier alpha value is -3.78. The van der Waals surface area contributed by atoms with E-state index in [1.165, 1.54) is 24.5 Å². The molecule has 0 aliphatic carbocycles. The Morgan fingerprint density at radius 3 is 2.32 bits per heavy atom. The molecule has 34 heavy (non-hydrogen) atoms. The first-order chi connectivity index (χ1) is 16.4. The summed E-state index contributed by atoms with van der Waals surface area (Å²) in [7, 11) is 0. The van der Waals surface area contributed by atoms with Gasteiger partial charge in [-0.05, 0) is 49.6 Å². The van der Waals surface area contributed by atoms with Crippen LogP contribution in [0.3, 0.4) is 0 Å². The monoisotopic (exact) mass is 458 g/mol. The lowest BCUT2D eigenvalue weighted by molar-refractivity contribution is 0.0484. The molecular weight excluding hydrogens is 435 g/mol. The van der Waals surface area contributed by atoms with Gasteiger partial charge in [0.05, 0.1) is 23.2 Å². The summed E-state index contributed by atoms with van der Waals surface area (Å²) in [6.07, 6.45) is 4.56. The van der Waals surface area contributed by atoms with Crippen molar-refractivity contribution >= 4 is 17.6 Å². The van der Waals surface area contributed by atoms with Gasteiger partial charge in [0.15, 0.2) is 11.6 Å². The summed E-state index contributed by atoms with van der Waals surface area (Å²) in [5, 5.41) is 3.28. The number of hydrogen-bond acceptors (Lipinski definition) is 6. The topological polar surface area (TPSA) is 92.3 Å². The fourth-order valence-corrected chi connectivity index (χ4v) is 4.96. The van der Waals surface area contributed by atoms with Gasteiger partial charge in [-0.2, -0.15) is 0 Å². The number of amides is 2. The van der Waals surface area contributed by atoms with Gasteiger partial charge in [-0.1, -0.05) is 31.2 Å². The van der Waals surface area contributed by atoms with Crippen LogP contribution in [0.15, 0.2) is 60.9 Å². The van der Waals surface area contributed by atoms with E-state index in [-0.39, 0.29) is 29.4 Å². The van der Waals surface area contributed by atoms with Gasteiger partial charge >= 0.3 is 0 Å². The molecule has 3 aromatic rings. The van der Waals surface area contributed by atoms with E-state index in [1.54, 1.807) is 36.4 Å². The number of Topliss-reactive ketones (excluding diaryl/α,β-unsaturated/α-hetero) is 1. The molecule has 2 aliphatic rings. The maximum absolute atomic E-state index is 15.3. The molecule has 0 radical (unpaired) electrons. The molecule has 1 saturated heterocycles. The number of carbonyl (C=O) groups is 3. The standard InChI is InChI=1S/C26H23FN4O3/c1-16-7-5-14-30-26(16,15-31-24(33)17-8-2-3-9-18(17)25(31)34)22(32)21-19(10-4-11-20(21)27)23-28-12-6-13-29-23/h2-4,6,8-13,16,30H,5,7,14-15H2,1H3/t16-,26-/m1/s1. The molecule has 172 valence electrons. The van der Waals surface area contributed by atoms with Gasteiger partial charge in [0.1, 0.15) is 11.4 Å². The summed E-state index contributed by atoms with van der Waals surface area (Å²) in [4.78, 5) is 50.0. The molecule has 5 rings (SSSR count). The van der Waals surface area contributed by atoms with Crippen LogP contribution in [0.25, 0.3) is 11.4 Å². The zero-order chi connectivity index (χ0) is 23.9. The minimum absolute atomic E-state index is 0.147. The summed E-state index contributed by atoms with van der Waals surface area (Å²) in [5.41, 5.74) is -0.610. The summed E-state index contributed by atoms with van der Waals surface area (Å²) in [5.74, 6) is -2.15. The van der Waals surface area contributed by atoms with E-state index in [9.17, 15) is 14.4 Å². The van der Waals surface area contributed by atoms with Crippen molar-refractivity contribution in [3.63, 3.8) is 0 Å². The van der Waals surface area contributed by atoms with Gasteiger partial charge in [0.25, 0.3) is 11.8 Å². The van der Waals surface area contributed by atoms with Crippen molar-refractivity contribution in [2.75, 3.05) is 13.1 Å². The number of nitrogens with one attached hydrogen (secondary N) is 1. The lowest BCUT2D eigenvalue weighted by Gasteiger charge is -2.44. The number of hydrogen-bond donors (Lipinski definition) is 1. The third kappa shape index (κ3) is 3.42. The Morgan fingerprint density at radius 2 is 1.68 bits per heavy atom. The number of nitrogens with zero attached hydrogens (tertiary/aromatic N) is 3. The summed E-state index contributed by atoms with van der Waals surface area (Å²) in [6, 6.07) is 12.6. The predicted octanol–water partition coefficient (Wildman–Crippen LogP) is 3.52. The number of fused-ring (bicyclic) bond motifs is 1. The van der Waals surface area contributed by atoms with Crippen LogP contribution in [0.1, 0.15) is 50.8 Å². The minimum atomic E-state index is -1.35. The molecular formula is C26H23FN4O3. The number of piperidine rings is 1. The lowest BCUT2D eigenvalue weighted by atomic mass is 9.73. The number of imide groups is 1. The SMILES string of the molecule is C[C@@H]1CCCN[C@@]1(CN1C(=O)c2ccccc2C1=O)C(=O)c1c(F)cccc1-c1ncccn1. The Bertz CT molecular complexity index is 1260. The average molecular weight is 458 g/mol. The largest absolute Gasteiger partial charge is 0.303 e. The molecule has 8 heteroatoms. The molecule has 3 heterocycles. The van der Waals surface area contributed by atoms with Crippen LogP contribution in [0.5, 0.6) is 0 Å². The quantitative estimate of drug-likeness (QED) is 0.465. The second kappa shape index (κ2) is 8.53. The third-order valence-electron chi connectivity index (χ3n) is 6.83. The van der Waals surface area contributed by atoms with Crippen LogP contribution >= 0.6 is 0 Å². The molecule has 0 saturated carbocycles. The van der Waals surface area contributed by atoms with Crippen molar-refractivity contribution in [1.29, 1.82) is 0 Å². The van der Waals surface area contributed by atoms with Gasteiger partial charge in [0, 0.05) is 18.0 Å². The Balaban J connectivity index is 1.61. The Labute approximate surface area is 196 Å². The number of benzene rings is 2. The van der Waals surface area contributed by atoms with E-state index in [0.717, 1.165) is 11.3 Å². The van der Waals surface area contributed by atoms with Crippen molar-refractivity contribution < 1.29 is 18.8 Å². The van der Waals surface area contributed by atoms with Gasteiger partial charge in [-0.25, -0.2) is 14.4 Å². The normalized spacial score (nSPS) is 22.1. The number of halogens is 1. The fraction of sp³-hybridized carbons (Fsp3) is 0.269. The van der Waals surface area contributed by atoms with Crippen LogP contribution in [-0.4, -0.2) is 51.1 Å². The highest BCUT2D eigenvalue weighted by atomic mass is 19.1. The van der Waals surface area contributed by atoms with Gasteiger partial charge in [-0.3, -0.25) is 19.3 Å². The first kappa shape index (κ1) is 22.0.